The van der Waals surface area contributed by atoms with Crippen molar-refractivity contribution in [3.8, 4) is 0 Å². The normalized spacial score (nSPS) is 13.1. The van der Waals surface area contributed by atoms with Gasteiger partial charge in [0.05, 0.1) is 22.1 Å². The first-order valence-corrected chi connectivity index (χ1v) is 13.5. The van der Waals surface area contributed by atoms with E-state index in [2.05, 4.69) is 79.4 Å². The lowest BCUT2D eigenvalue weighted by Gasteiger charge is -2.34. The molecule has 0 amide bonds. The maximum absolute atomic E-state index is 5.16. The number of aromatic nitrogens is 2. The summed E-state index contributed by atoms with van der Waals surface area (Å²) < 4.78 is 0. The number of allylic oxidation sites excluding steroid dienone is 1. The highest BCUT2D eigenvalue weighted by molar-refractivity contribution is 8.93. The quantitative estimate of drug-likeness (QED) is 0.148. The molecule has 4 aromatic rings. The van der Waals surface area contributed by atoms with Gasteiger partial charge >= 0.3 is 0 Å². The Labute approximate surface area is 226 Å². The first kappa shape index (κ1) is 26.3. The van der Waals surface area contributed by atoms with Crippen molar-refractivity contribution in [2.75, 3.05) is 13.1 Å². The van der Waals surface area contributed by atoms with Crippen LogP contribution in [0.3, 0.4) is 0 Å². The van der Waals surface area contributed by atoms with Crippen LogP contribution in [-0.2, 0) is 6.42 Å². The van der Waals surface area contributed by atoms with Gasteiger partial charge in [0, 0.05) is 29.9 Å². The van der Waals surface area contributed by atoms with Gasteiger partial charge in [0.15, 0.2) is 0 Å². The van der Waals surface area contributed by atoms with Crippen molar-refractivity contribution in [3.05, 3.63) is 89.1 Å². The number of para-hydroxylation sites is 3. The first-order chi connectivity index (χ1) is 17.3. The van der Waals surface area contributed by atoms with Gasteiger partial charge in [-0.15, -0.1) is 17.0 Å². The number of hydrogen-bond donors (Lipinski definition) is 0. The summed E-state index contributed by atoms with van der Waals surface area (Å²) in [6.07, 6.45) is 9.77. The highest BCUT2D eigenvalue weighted by Crippen LogP contribution is 2.40. The van der Waals surface area contributed by atoms with Crippen molar-refractivity contribution >= 4 is 44.6 Å². The summed E-state index contributed by atoms with van der Waals surface area (Å²) in [6.45, 7) is 6.86. The van der Waals surface area contributed by atoms with E-state index in [1.807, 2.05) is 6.07 Å². The Morgan fingerprint density at radius 2 is 1.25 bits per heavy atom. The van der Waals surface area contributed by atoms with Gasteiger partial charge in [-0.3, -0.25) is 0 Å². The number of aryl methyl sites for hydroxylation is 1. The van der Waals surface area contributed by atoms with Gasteiger partial charge in [-0.05, 0) is 55.0 Å². The SMILES string of the molecule is Br.CCCCCN(CCCCC)C1=C(c2cccc3nc4ccccc4nc23)c2ccccc2CC1. The molecule has 0 saturated heterocycles. The molecule has 36 heavy (non-hydrogen) atoms. The minimum Gasteiger partial charge on any atom is -0.374 e. The maximum Gasteiger partial charge on any atom is 0.0973 e. The molecule has 4 heteroatoms. The average molecular weight is 545 g/mol. The summed E-state index contributed by atoms with van der Waals surface area (Å²) in [7, 11) is 0. The number of fused-ring (bicyclic) bond motifs is 3. The largest absolute Gasteiger partial charge is 0.374 e. The third-order valence-electron chi connectivity index (χ3n) is 7.29. The minimum atomic E-state index is 0. The van der Waals surface area contributed by atoms with E-state index in [0.29, 0.717) is 0 Å². The van der Waals surface area contributed by atoms with Crippen LogP contribution < -0.4 is 0 Å². The fourth-order valence-electron chi connectivity index (χ4n) is 5.46. The van der Waals surface area contributed by atoms with Crippen molar-refractivity contribution in [2.24, 2.45) is 0 Å². The van der Waals surface area contributed by atoms with E-state index in [9.17, 15) is 0 Å². The molecule has 3 nitrogen and oxygen atoms in total. The number of halogens is 1. The Morgan fingerprint density at radius 3 is 1.97 bits per heavy atom. The molecule has 1 heterocycles. The van der Waals surface area contributed by atoms with Gasteiger partial charge < -0.3 is 4.90 Å². The predicted octanol–water partition coefficient (Wildman–Crippen LogP) is 8.75. The molecule has 0 bridgehead atoms. The van der Waals surface area contributed by atoms with Crippen molar-refractivity contribution in [1.29, 1.82) is 0 Å². The van der Waals surface area contributed by atoms with Crippen LogP contribution in [0.5, 0.6) is 0 Å². The van der Waals surface area contributed by atoms with Gasteiger partial charge in [-0.1, -0.05) is 88.1 Å². The molecular formula is C32H38BrN3. The topological polar surface area (TPSA) is 29.0 Å². The molecule has 1 aliphatic rings. The number of unbranched alkanes of at least 4 members (excludes halogenated alkanes) is 4. The van der Waals surface area contributed by atoms with Crippen LogP contribution in [0.25, 0.3) is 27.6 Å². The summed E-state index contributed by atoms with van der Waals surface area (Å²) in [4.78, 5) is 12.8. The fourth-order valence-corrected chi connectivity index (χ4v) is 5.46. The van der Waals surface area contributed by atoms with Crippen LogP contribution in [0, 0.1) is 0 Å². The maximum atomic E-state index is 5.16. The Morgan fingerprint density at radius 1 is 0.639 bits per heavy atom. The molecular weight excluding hydrogens is 506 g/mol. The Hall–Kier alpha value is -2.72. The van der Waals surface area contributed by atoms with Crippen molar-refractivity contribution < 1.29 is 0 Å². The first-order valence-electron chi connectivity index (χ1n) is 13.5. The molecule has 1 aromatic heterocycles. The molecule has 1 aliphatic carbocycles. The summed E-state index contributed by atoms with van der Waals surface area (Å²) in [5.74, 6) is 0. The van der Waals surface area contributed by atoms with Crippen LogP contribution in [0.4, 0.5) is 0 Å². The van der Waals surface area contributed by atoms with E-state index in [4.69, 9.17) is 9.97 Å². The smallest absolute Gasteiger partial charge is 0.0973 e. The number of nitrogens with zero attached hydrogens (tertiary/aromatic N) is 3. The average Bonchev–Trinajstić information content (AvgIpc) is 2.90. The van der Waals surface area contributed by atoms with Gasteiger partial charge in [0.1, 0.15) is 0 Å². The van der Waals surface area contributed by atoms with E-state index >= 15 is 0 Å². The van der Waals surface area contributed by atoms with Crippen LogP contribution in [0.1, 0.15) is 75.5 Å². The second-order valence-corrected chi connectivity index (χ2v) is 9.77. The molecule has 5 rings (SSSR count). The van der Waals surface area contributed by atoms with Crippen molar-refractivity contribution in [3.63, 3.8) is 0 Å². The Bertz CT molecular complexity index is 1330. The Kier molecular flexibility index (Phi) is 9.14. The molecule has 0 spiro atoms. The van der Waals surface area contributed by atoms with Crippen LogP contribution in [0.15, 0.2) is 72.4 Å². The minimum absolute atomic E-state index is 0. The van der Waals surface area contributed by atoms with E-state index in [1.165, 1.54) is 66.5 Å². The molecule has 0 aliphatic heterocycles. The van der Waals surface area contributed by atoms with E-state index in [-0.39, 0.29) is 17.0 Å². The van der Waals surface area contributed by atoms with E-state index in [1.54, 1.807) is 0 Å². The van der Waals surface area contributed by atoms with Crippen molar-refractivity contribution in [1.82, 2.24) is 14.9 Å². The fraction of sp³-hybridized carbons (Fsp3) is 0.375. The monoisotopic (exact) mass is 543 g/mol. The zero-order chi connectivity index (χ0) is 24.0. The van der Waals surface area contributed by atoms with Gasteiger partial charge in [0.25, 0.3) is 0 Å². The summed E-state index contributed by atoms with van der Waals surface area (Å²) in [5.41, 5.74) is 10.8. The zero-order valence-corrected chi connectivity index (χ0v) is 23.4. The third-order valence-corrected chi connectivity index (χ3v) is 7.29. The molecule has 3 aromatic carbocycles. The second-order valence-electron chi connectivity index (χ2n) is 9.77. The molecule has 0 radical (unpaired) electrons. The van der Waals surface area contributed by atoms with E-state index in [0.717, 1.165) is 48.0 Å². The zero-order valence-electron chi connectivity index (χ0n) is 21.7. The highest BCUT2D eigenvalue weighted by Gasteiger charge is 2.25. The van der Waals surface area contributed by atoms with Gasteiger partial charge in [0.2, 0.25) is 0 Å². The lowest BCUT2D eigenvalue weighted by atomic mass is 9.83. The number of hydrogen-bond acceptors (Lipinski definition) is 3. The molecule has 188 valence electrons. The molecule has 0 fully saturated rings. The molecule has 0 N–H and O–H groups in total. The van der Waals surface area contributed by atoms with Crippen LogP contribution in [-0.4, -0.2) is 28.0 Å². The third kappa shape index (κ3) is 5.49. The molecule has 0 atom stereocenters. The van der Waals surface area contributed by atoms with Crippen LogP contribution >= 0.6 is 17.0 Å². The summed E-state index contributed by atoms with van der Waals surface area (Å²) in [6, 6.07) is 23.7. The standard InChI is InChI=1S/C32H37N3.BrH/c1-3-5-11-22-35(23-12-6-4-2)30-21-20-24-14-7-8-15-25(24)31(30)26-16-13-19-29-32(26)34-28-18-10-9-17-27(28)33-29;/h7-10,13-19H,3-6,11-12,20-23H2,1-2H3;1H. The molecule has 0 unspecified atom stereocenters. The summed E-state index contributed by atoms with van der Waals surface area (Å²) in [5, 5.41) is 0. The highest BCUT2D eigenvalue weighted by atomic mass is 79.9. The predicted molar refractivity (Wildman–Crippen MR) is 159 cm³/mol. The Balaban J connectivity index is 0.00000304. The number of rotatable bonds is 10. The van der Waals surface area contributed by atoms with Gasteiger partial charge in [-0.25, -0.2) is 9.97 Å². The second kappa shape index (κ2) is 12.5. The lowest BCUT2D eigenvalue weighted by molar-refractivity contribution is 0.316. The summed E-state index contributed by atoms with van der Waals surface area (Å²) >= 11 is 0. The van der Waals surface area contributed by atoms with Gasteiger partial charge in [-0.2, -0.15) is 0 Å². The lowest BCUT2D eigenvalue weighted by Crippen LogP contribution is -2.29. The van der Waals surface area contributed by atoms with Crippen LogP contribution in [0.2, 0.25) is 0 Å². The van der Waals surface area contributed by atoms with Crippen molar-refractivity contribution in [2.45, 2.75) is 65.2 Å². The van der Waals surface area contributed by atoms with E-state index < -0.39 is 0 Å². The molecule has 0 saturated carbocycles. The number of benzene rings is 3.